The smallest absolute Gasteiger partial charge is 0.0496 e. The van der Waals surface area contributed by atoms with E-state index in [2.05, 4.69) is 62.3 Å². The average Bonchev–Trinajstić information content (AvgIpc) is 2.33. The third-order valence-corrected chi connectivity index (χ3v) is 4.70. The van der Waals surface area contributed by atoms with Gasteiger partial charge in [0.1, 0.15) is 0 Å². The molecule has 0 aromatic carbocycles. The molecular formula is C22H46O. The lowest BCUT2D eigenvalue weighted by Crippen LogP contribution is -2.24. The molecule has 0 aliphatic heterocycles. The number of hydrogen-bond acceptors (Lipinski definition) is 1. The Labute approximate surface area is 148 Å². The Morgan fingerprint density at radius 3 is 1.87 bits per heavy atom. The molecule has 0 heterocycles. The van der Waals surface area contributed by atoms with Crippen LogP contribution in [0.15, 0.2) is 0 Å². The topological polar surface area (TPSA) is 9.23 Å². The Bertz CT molecular complexity index is 281. The molecule has 23 heavy (non-hydrogen) atoms. The van der Waals surface area contributed by atoms with Crippen LogP contribution in [0.5, 0.6) is 0 Å². The van der Waals surface area contributed by atoms with E-state index in [1.807, 2.05) is 0 Å². The molecule has 0 amide bonds. The molecule has 0 bridgehead atoms. The van der Waals surface area contributed by atoms with E-state index >= 15 is 0 Å². The molecule has 0 aromatic heterocycles. The van der Waals surface area contributed by atoms with Crippen LogP contribution in [0.1, 0.15) is 101 Å². The highest BCUT2D eigenvalue weighted by atomic mass is 16.5. The van der Waals surface area contributed by atoms with Crippen LogP contribution < -0.4 is 0 Å². The van der Waals surface area contributed by atoms with Gasteiger partial charge in [0.05, 0.1) is 0 Å². The molecule has 0 saturated carbocycles. The first-order chi connectivity index (χ1) is 10.4. The molecule has 0 radical (unpaired) electrons. The van der Waals surface area contributed by atoms with Crippen molar-refractivity contribution in [1.29, 1.82) is 0 Å². The quantitative estimate of drug-likeness (QED) is 0.361. The van der Waals surface area contributed by atoms with E-state index in [4.69, 9.17) is 4.74 Å². The van der Waals surface area contributed by atoms with Crippen LogP contribution in [0.4, 0.5) is 0 Å². The Morgan fingerprint density at radius 2 is 1.39 bits per heavy atom. The molecule has 0 aliphatic rings. The minimum Gasteiger partial charge on any atom is -0.381 e. The molecule has 0 fully saturated rings. The van der Waals surface area contributed by atoms with Crippen LogP contribution in [-0.2, 0) is 4.74 Å². The maximum absolute atomic E-state index is 6.01. The molecule has 1 nitrogen and oxygen atoms in total. The summed E-state index contributed by atoms with van der Waals surface area (Å²) in [6.45, 7) is 23.2. The largest absolute Gasteiger partial charge is 0.381 e. The Hall–Kier alpha value is -0.0400. The van der Waals surface area contributed by atoms with E-state index in [0.29, 0.717) is 16.7 Å². The van der Waals surface area contributed by atoms with Gasteiger partial charge in [-0.1, -0.05) is 75.2 Å². The van der Waals surface area contributed by atoms with Gasteiger partial charge in [0.25, 0.3) is 0 Å². The molecule has 140 valence electrons. The minimum absolute atomic E-state index is 0.415. The van der Waals surface area contributed by atoms with Crippen molar-refractivity contribution in [3.8, 4) is 0 Å². The first-order valence-electron chi connectivity index (χ1n) is 10.0. The highest BCUT2D eigenvalue weighted by Gasteiger charge is 2.24. The van der Waals surface area contributed by atoms with Crippen molar-refractivity contribution in [2.75, 3.05) is 13.2 Å². The van der Waals surface area contributed by atoms with Gasteiger partial charge in [-0.25, -0.2) is 0 Å². The summed E-state index contributed by atoms with van der Waals surface area (Å²) in [6, 6.07) is 0. The van der Waals surface area contributed by atoms with Crippen molar-refractivity contribution < 1.29 is 4.74 Å². The van der Waals surface area contributed by atoms with Crippen molar-refractivity contribution in [3.63, 3.8) is 0 Å². The zero-order valence-electron chi connectivity index (χ0n) is 17.8. The molecule has 0 rings (SSSR count). The van der Waals surface area contributed by atoms with Crippen LogP contribution in [0.2, 0.25) is 0 Å². The van der Waals surface area contributed by atoms with E-state index in [1.54, 1.807) is 0 Å². The number of unbranched alkanes of at least 4 members (excludes halogenated alkanes) is 1. The lowest BCUT2D eigenvalue weighted by atomic mass is 9.76. The van der Waals surface area contributed by atoms with Gasteiger partial charge in [0, 0.05) is 13.2 Å². The van der Waals surface area contributed by atoms with Gasteiger partial charge in [-0.05, 0) is 54.3 Å². The Kier molecular flexibility index (Phi) is 10.7. The predicted octanol–water partition coefficient (Wildman–Crippen LogP) is 7.34. The van der Waals surface area contributed by atoms with Crippen LogP contribution in [0.25, 0.3) is 0 Å². The van der Waals surface area contributed by atoms with E-state index in [9.17, 15) is 0 Å². The summed E-state index contributed by atoms with van der Waals surface area (Å²) in [5.41, 5.74) is 0.863. The SMILES string of the molecule is CCCCOCC(CCC(C)CC(C)(C)C)C(C)CC(C)(C)C. The maximum Gasteiger partial charge on any atom is 0.0496 e. The second-order valence-corrected chi connectivity index (χ2v) is 10.4. The van der Waals surface area contributed by atoms with Gasteiger partial charge in [-0.3, -0.25) is 0 Å². The third-order valence-electron chi connectivity index (χ3n) is 4.70. The lowest BCUT2D eigenvalue weighted by molar-refractivity contribution is 0.0611. The van der Waals surface area contributed by atoms with Crippen molar-refractivity contribution in [1.82, 2.24) is 0 Å². The summed E-state index contributed by atoms with van der Waals surface area (Å²) in [6.07, 6.45) is 7.70. The average molecular weight is 327 g/mol. The fourth-order valence-electron chi connectivity index (χ4n) is 3.79. The molecule has 1 heteroatoms. The highest BCUT2D eigenvalue weighted by Crippen LogP contribution is 2.33. The summed E-state index contributed by atoms with van der Waals surface area (Å²) in [7, 11) is 0. The van der Waals surface area contributed by atoms with E-state index in [0.717, 1.165) is 25.0 Å². The molecule has 3 unspecified atom stereocenters. The minimum atomic E-state index is 0.415. The van der Waals surface area contributed by atoms with Crippen LogP contribution in [0, 0.1) is 28.6 Å². The molecule has 0 aromatic rings. The molecule has 0 spiro atoms. The highest BCUT2D eigenvalue weighted by molar-refractivity contribution is 4.75. The standard InChI is InChI=1S/C22H46O/c1-10-11-14-23-17-20(19(3)16-22(7,8)9)13-12-18(2)15-21(4,5)6/h18-20H,10-17H2,1-9H3. The van der Waals surface area contributed by atoms with Crippen molar-refractivity contribution in [2.24, 2.45) is 28.6 Å². The van der Waals surface area contributed by atoms with Gasteiger partial charge in [0.2, 0.25) is 0 Å². The van der Waals surface area contributed by atoms with Gasteiger partial charge < -0.3 is 4.74 Å². The fraction of sp³-hybridized carbons (Fsp3) is 1.00. The Morgan fingerprint density at radius 1 is 0.826 bits per heavy atom. The maximum atomic E-state index is 6.01. The normalized spacial score (nSPS) is 17.1. The first kappa shape index (κ1) is 23.0. The van der Waals surface area contributed by atoms with Crippen LogP contribution in [-0.4, -0.2) is 13.2 Å². The summed E-state index contributed by atoms with van der Waals surface area (Å²) < 4.78 is 6.01. The second-order valence-electron chi connectivity index (χ2n) is 10.4. The Balaban J connectivity index is 4.46. The second kappa shape index (κ2) is 10.7. The zero-order valence-corrected chi connectivity index (χ0v) is 17.8. The third kappa shape index (κ3) is 14.0. The van der Waals surface area contributed by atoms with Crippen LogP contribution in [0.3, 0.4) is 0 Å². The molecule has 3 atom stereocenters. The van der Waals surface area contributed by atoms with Crippen molar-refractivity contribution in [3.05, 3.63) is 0 Å². The molecule has 0 N–H and O–H groups in total. The van der Waals surface area contributed by atoms with Gasteiger partial charge in [-0.2, -0.15) is 0 Å². The van der Waals surface area contributed by atoms with Gasteiger partial charge >= 0.3 is 0 Å². The van der Waals surface area contributed by atoms with E-state index < -0.39 is 0 Å². The lowest BCUT2D eigenvalue weighted by Gasteiger charge is -2.31. The molecular weight excluding hydrogens is 280 g/mol. The number of ether oxygens (including phenoxy) is 1. The predicted molar refractivity (Wildman–Crippen MR) is 105 cm³/mol. The molecule has 0 saturated heterocycles. The van der Waals surface area contributed by atoms with Crippen molar-refractivity contribution >= 4 is 0 Å². The molecule has 0 aliphatic carbocycles. The summed E-state index contributed by atoms with van der Waals surface area (Å²) in [5.74, 6) is 2.28. The summed E-state index contributed by atoms with van der Waals surface area (Å²) >= 11 is 0. The van der Waals surface area contributed by atoms with Crippen LogP contribution >= 0.6 is 0 Å². The van der Waals surface area contributed by atoms with E-state index in [-0.39, 0.29) is 0 Å². The van der Waals surface area contributed by atoms with Gasteiger partial charge in [0.15, 0.2) is 0 Å². The summed E-state index contributed by atoms with van der Waals surface area (Å²) in [5, 5.41) is 0. The van der Waals surface area contributed by atoms with Crippen molar-refractivity contribution in [2.45, 2.75) is 101 Å². The van der Waals surface area contributed by atoms with Gasteiger partial charge in [-0.15, -0.1) is 0 Å². The number of rotatable bonds is 11. The first-order valence-corrected chi connectivity index (χ1v) is 10.0. The van der Waals surface area contributed by atoms with E-state index in [1.165, 1.54) is 38.5 Å². The zero-order chi connectivity index (χ0) is 18.1. The number of hydrogen-bond donors (Lipinski definition) is 0. The fourth-order valence-corrected chi connectivity index (χ4v) is 3.79. The summed E-state index contributed by atoms with van der Waals surface area (Å²) in [4.78, 5) is 0. The monoisotopic (exact) mass is 326 g/mol.